The number of benzene rings is 3. The Bertz CT molecular complexity index is 1350. The average molecular weight is 543 g/mol. The van der Waals surface area contributed by atoms with Crippen LogP contribution in [0.3, 0.4) is 0 Å². The van der Waals surface area contributed by atoms with E-state index in [1.54, 1.807) is 7.11 Å². The number of carbonyl (C=O) groups excluding carboxylic acids is 1. The quantitative estimate of drug-likeness (QED) is 0.326. The number of carbonyl (C=O) groups is 1. The number of methoxy groups -OCH3 is 1. The van der Waals surface area contributed by atoms with Crippen LogP contribution in [0.2, 0.25) is 0 Å². The third-order valence-corrected chi connectivity index (χ3v) is 8.26. The summed E-state index contributed by atoms with van der Waals surface area (Å²) in [6.45, 7) is 5.51. The number of hydrogen-bond acceptors (Lipinski definition) is 6. The molecule has 1 aliphatic carbocycles. The van der Waals surface area contributed by atoms with Gasteiger partial charge in [-0.2, -0.15) is 0 Å². The molecule has 2 heterocycles. The summed E-state index contributed by atoms with van der Waals surface area (Å²) in [5.74, 6) is 3.18. The molecule has 0 unspecified atom stereocenters. The van der Waals surface area contributed by atoms with Crippen LogP contribution >= 0.6 is 0 Å². The molecule has 0 radical (unpaired) electrons. The lowest BCUT2D eigenvalue weighted by atomic mass is 9.93. The Labute approximate surface area is 236 Å². The van der Waals surface area contributed by atoms with Crippen molar-refractivity contribution >= 4 is 11.6 Å². The number of nitrogens with zero attached hydrogens (tertiary/aromatic N) is 1. The Hall–Kier alpha value is -3.71. The topological polar surface area (TPSA) is 69.3 Å². The number of anilines is 1. The summed E-state index contributed by atoms with van der Waals surface area (Å²) >= 11 is 0. The molecule has 6 rings (SSSR count). The predicted molar refractivity (Wildman–Crippen MR) is 155 cm³/mol. The van der Waals surface area contributed by atoms with E-state index in [0.717, 1.165) is 55.6 Å². The molecule has 40 heavy (non-hydrogen) atoms. The summed E-state index contributed by atoms with van der Waals surface area (Å²) in [6, 6.07) is 18.9. The molecule has 2 aliphatic heterocycles. The summed E-state index contributed by atoms with van der Waals surface area (Å²) in [5.41, 5.74) is 5.62. The van der Waals surface area contributed by atoms with Crippen LogP contribution < -0.4 is 24.3 Å². The highest BCUT2D eigenvalue weighted by molar-refractivity contribution is 5.94. The van der Waals surface area contributed by atoms with Crippen molar-refractivity contribution in [1.29, 1.82) is 0 Å². The molecule has 0 spiro atoms. The number of fused-ring (bicyclic) bond motifs is 1. The maximum absolute atomic E-state index is 13.5. The van der Waals surface area contributed by atoms with Crippen LogP contribution in [0.4, 0.5) is 5.69 Å². The molecule has 3 aromatic carbocycles. The van der Waals surface area contributed by atoms with E-state index < -0.39 is 0 Å². The van der Waals surface area contributed by atoms with Gasteiger partial charge >= 0.3 is 0 Å². The van der Waals surface area contributed by atoms with Crippen LogP contribution in [0.1, 0.15) is 67.3 Å². The SMILES string of the molecule is CCc1cccc(CC)c1NC(=O)CN1C[C@H](c2cc(OC)c3c(c2)OCO3)C[C@@H]1c1ccc(OC2CC2)cc1. The molecule has 7 heteroatoms. The lowest BCUT2D eigenvalue weighted by Crippen LogP contribution is -2.33. The molecular formula is C33H38N2O5. The second-order valence-corrected chi connectivity index (χ2v) is 10.9. The molecule has 1 N–H and O–H groups in total. The largest absolute Gasteiger partial charge is 0.493 e. The van der Waals surface area contributed by atoms with Gasteiger partial charge in [0.15, 0.2) is 11.5 Å². The highest BCUT2D eigenvalue weighted by Crippen LogP contribution is 2.47. The third-order valence-electron chi connectivity index (χ3n) is 8.26. The lowest BCUT2D eigenvalue weighted by molar-refractivity contribution is -0.117. The van der Waals surface area contributed by atoms with Gasteiger partial charge in [-0.3, -0.25) is 9.69 Å². The average Bonchev–Trinajstić information content (AvgIpc) is 3.48. The van der Waals surface area contributed by atoms with E-state index in [9.17, 15) is 4.79 Å². The Morgan fingerprint density at radius 3 is 2.42 bits per heavy atom. The zero-order chi connectivity index (χ0) is 27.6. The molecule has 0 aromatic heterocycles. The van der Waals surface area contributed by atoms with E-state index in [1.807, 2.05) is 0 Å². The van der Waals surface area contributed by atoms with E-state index in [1.165, 1.54) is 16.7 Å². The number of ether oxygens (including phenoxy) is 4. The normalized spacial score (nSPS) is 20.0. The molecule has 1 amide bonds. The maximum Gasteiger partial charge on any atom is 0.238 e. The van der Waals surface area contributed by atoms with Gasteiger partial charge in [-0.25, -0.2) is 0 Å². The summed E-state index contributed by atoms with van der Waals surface area (Å²) < 4.78 is 22.9. The monoisotopic (exact) mass is 542 g/mol. The summed E-state index contributed by atoms with van der Waals surface area (Å²) in [4.78, 5) is 15.8. The van der Waals surface area contributed by atoms with Crippen LogP contribution in [-0.2, 0) is 17.6 Å². The first-order valence-electron chi connectivity index (χ1n) is 14.4. The first-order valence-corrected chi connectivity index (χ1v) is 14.4. The van der Waals surface area contributed by atoms with Crippen LogP contribution in [-0.4, -0.2) is 43.9 Å². The fourth-order valence-corrected chi connectivity index (χ4v) is 5.97. The van der Waals surface area contributed by atoms with Crippen LogP contribution in [0.15, 0.2) is 54.6 Å². The summed E-state index contributed by atoms with van der Waals surface area (Å²) in [7, 11) is 1.65. The van der Waals surface area contributed by atoms with Gasteiger partial charge < -0.3 is 24.3 Å². The highest BCUT2D eigenvalue weighted by atomic mass is 16.7. The van der Waals surface area contributed by atoms with Crippen molar-refractivity contribution in [3.8, 4) is 23.0 Å². The predicted octanol–water partition coefficient (Wildman–Crippen LogP) is 6.26. The van der Waals surface area contributed by atoms with Crippen molar-refractivity contribution < 1.29 is 23.7 Å². The van der Waals surface area contributed by atoms with E-state index in [0.29, 0.717) is 29.9 Å². The Balaban J connectivity index is 1.26. The van der Waals surface area contributed by atoms with E-state index in [-0.39, 0.29) is 24.7 Å². The fraction of sp³-hybridized carbons (Fsp3) is 0.424. The van der Waals surface area contributed by atoms with E-state index in [2.05, 4.69) is 78.7 Å². The first kappa shape index (κ1) is 26.5. The van der Waals surface area contributed by atoms with E-state index in [4.69, 9.17) is 18.9 Å². The lowest BCUT2D eigenvalue weighted by Gasteiger charge is -2.25. The van der Waals surface area contributed by atoms with Crippen molar-refractivity contribution in [3.05, 3.63) is 76.9 Å². The molecule has 0 bridgehead atoms. The van der Waals surface area contributed by atoms with Gasteiger partial charge in [0.25, 0.3) is 0 Å². The summed E-state index contributed by atoms with van der Waals surface area (Å²) in [6.07, 6.45) is 5.26. The van der Waals surface area contributed by atoms with Gasteiger partial charge in [-0.05, 0) is 84.5 Å². The zero-order valence-electron chi connectivity index (χ0n) is 23.6. The van der Waals surface area contributed by atoms with Gasteiger partial charge in [0.2, 0.25) is 18.4 Å². The Kier molecular flexibility index (Phi) is 7.57. The molecule has 3 aliphatic rings. The minimum atomic E-state index is 0.0122. The number of para-hydroxylation sites is 1. The first-order chi connectivity index (χ1) is 19.6. The Morgan fingerprint density at radius 2 is 1.75 bits per heavy atom. The van der Waals surface area contributed by atoms with Gasteiger partial charge in [0.1, 0.15) is 5.75 Å². The molecular weight excluding hydrogens is 504 g/mol. The third kappa shape index (κ3) is 5.48. The standard InChI is InChI=1S/C33H38N2O5/c1-4-21-7-6-8-22(5-2)32(21)34-31(36)19-35-18-25(24-16-29(37-3)33-30(17-24)38-20-39-33)15-28(35)23-9-11-26(12-10-23)40-27-13-14-27/h6-12,16-17,25,27-28H,4-5,13-15,18-20H2,1-3H3,(H,34,36)/t25-,28-/m1/s1. The molecule has 210 valence electrons. The van der Waals surface area contributed by atoms with Gasteiger partial charge in [0, 0.05) is 18.3 Å². The van der Waals surface area contributed by atoms with Crippen LogP contribution in [0.5, 0.6) is 23.0 Å². The molecule has 2 fully saturated rings. The van der Waals surface area contributed by atoms with Crippen molar-refractivity contribution in [2.45, 2.75) is 64.0 Å². The molecule has 1 saturated heterocycles. The molecule has 7 nitrogen and oxygen atoms in total. The second-order valence-electron chi connectivity index (χ2n) is 10.9. The number of nitrogens with one attached hydrogen (secondary N) is 1. The zero-order valence-corrected chi connectivity index (χ0v) is 23.6. The van der Waals surface area contributed by atoms with Gasteiger partial charge in [-0.15, -0.1) is 0 Å². The smallest absolute Gasteiger partial charge is 0.238 e. The second kappa shape index (κ2) is 11.4. The number of rotatable bonds is 10. The number of likely N-dealkylation sites (tertiary alicyclic amines) is 1. The van der Waals surface area contributed by atoms with Crippen LogP contribution in [0.25, 0.3) is 0 Å². The number of hydrogen-bond donors (Lipinski definition) is 1. The summed E-state index contributed by atoms with van der Waals surface area (Å²) in [5, 5.41) is 3.27. The Morgan fingerprint density at radius 1 is 1.00 bits per heavy atom. The van der Waals surface area contributed by atoms with Gasteiger partial charge in [-0.1, -0.05) is 44.2 Å². The minimum absolute atomic E-state index is 0.0122. The number of aryl methyl sites for hydroxylation is 2. The molecule has 3 aromatic rings. The van der Waals surface area contributed by atoms with Gasteiger partial charge in [0.05, 0.1) is 19.8 Å². The van der Waals surface area contributed by atoms with Crippen molar-refractivity contribution in [2.24, 2.45) is 0 Å². The molecule has 1 saturated carbocycles. The van der Waals surface area contributed by atoms with Crippen molar-refractivity contribution in [1.82, 2.24) is 4.90 Å². The fourth-order valence-electron chi connectivity index (χ4n) is 5.97. The van der Waals surface area contributed by atoms with E-state index >= 15 is 0 Å². The minimum Gasteiger partial charge on any atom is -0.493 e. The van der Waals surface area contributed by atoms with Crippen LogP contribution in [0, 0.1) is 0 Å². The maximum atomic E-state index is 13.5. The number of amides is 1. The molecule has 2 atom stereocenters. The highest BCUT2D eigenvalue weighted by Gasteiger charge is 2.36. The van der Waals surface area contributed by atoms with Crippen molar-refractivity contribution in [2.75, 3.05) is 32.3 Å². The van der Waals surface area contributed by atoms with Crippen molar-refractivity contribution in [3.63, 3.8) is 0 Å².